The molecule has 128 valence electrons. The van der Waals surface area contributed by atoms with Gasteiger partial charge in [-0.2, -0.15) is 5.26 Å². The van der Waals surface area contributed by atoms with Crippen LogP contribution < -0.4 is 10.6 Å². The molecule has 1 aromatic rings. The molecule has 0 saturated carbocycles. The van der Waals surface area contributed by atoms with E-state index in [2.05, 4.69) is 16.7 Å². The summed E-state index contributed by atoms with van der Waals surface area (Å²) in [4.78, 5) is 11.8. The Labute approximate surface area is 138 Å². The van der Waals surface area contributed by atoms with Crippen LogP contribution in [0.25, 0.3) is 0 Å². The number of nitrogens with one attached hydrogen (secondary N) is 2. The fraction of sp³-hybridized carbons (Fsp3) is 0.647. The average molecular weight is 320 g/mol. The van der Waals surface area contributed by atoms with Crippen molar-refractivity contribution in [1.82, 2.24) is 15.2 Å². The minimum absolute atomic E-state index is 0.424. The summed E-state index contributed by atoms with van der Waals surface area (Å²) >= 11 is 0. The molecule has 0 fully saturated rings. The summed E-state index contributed by atoms with van der Waals surface area (Å²) in [7, 11) is 1.88. The molecule has 1 rings (SSSR count). The molecule has 1 aromatic heterocycles. The van der Waals surface area contributed by atoms with Crippen molar-refractivity contribution in [2.45, 2.75) is 59.2 Å². The molecule has 0 unspecified atom stereocenters. The average Bonchev–Trinajstić information content (AvgIpc) is 2.63. The van der Waals surface area contributed by atoms with Crippen molar-refractivity contribution in [3.63, 3.8) is 0 Å². The molecule has 6 heteroatoms. The van der Waals surface area contributed by atoms with Crippen LogP contribution in [-0.2, 0) is 18.3 Å². The van der Waals surface area contributed by atoms with Crippen LogP contribution in [0.3, 0.4) is 0 Å². The van der Waals surface area contributed by atoms with Crippen LogP contribution in [0, 0.1) is 18.3 Å². The third kappa shape index (κ3) is 5.95. The lowest BCUT2D eigenvalue weighted by Gasteiger charge is -2.29. The second kappa shape index (κ2) is 7.05. The van der Waals surface area contributed by atoms with Crippen molar-refractivity contribution >= 4 is 6.09 Å². The van der Waals surface area contributed by atoms with Gasteiger partial charge in [0.05, 0.1) is 5.54 Å². The molecule has 0 aliphatic rings. The SMILES string of the molecule is Cc1c(CNCC(C)(C)NC(=O)OC(C)(C)C)cc(C#N)n1C. The molecule has 1 amide bonds. The first-order valence-corrected chi connectivity index (χ1v) is 7.72. The highest BCUT2D eigenvalue weighted by Crippen LogP contribution is 2.13. The zero-order chi connectivity index (χ0) is 17.8. The lowest BCUT2D eigenvalue weighted by Crippen LogP contribution is -2.51. The van der Waals surface area contributed by atoms with Gasteiger partial charge < -0.3 is 19.9 Å². The Morgan fingerprint density at radius 3 is 2.43 bits per heavy atom. The van der Waals surface area contributed by atoms with E-state index < -0.39 is 17.2 Å². The van der Waals surface area contributed by atoms with E-state index in [0.717, 1.165) is 11.3 Å². The summed E-state index contributed by atoms with van der Waals surface area (Å²) in [6, 6.07) is 4.06. The lowest BCUT2D eigenvalue weighted by atomic mass is 10.1. The van der Waals surface area contributed by atoms with E-state index >= 15 is 0 Å². The molecule has 0 aliphatic carbocycles. The smallest absolute Gasteiger partial charge is 0.408 e. The quantitative estimate of drug-likeness (QED) is 0.874. The zero-order valence-corrected chi connectivity index (χ0v) is 15.2. The number of carbonyl (C=O) groups excluding carboxylic acids is 1. The molecular weight excluding hydrogens is 292 g/mol. The molecule has 1 heterocycles. The largest absolute Gasteiger partial charge is 0.444 e. The number of nitrogens with zero attached hydrogens (tertiary/aromatic N) is 2. The van der Waals surface area contributed by atoms with Crippen molar-refractivity contribution in [3.8, 4) is 6.07 Å². The third-order valence-corrected chi connectivity index (χ3v) is 3.48. The molecule has 0 bridgehead atoms. The number of hydrogen-bond acceptors (Lipinski definition) is 4. The van der Waals surface area contributed by atoms with E-state index in [1.165, 1.54) is 0 Å². The number of carbonyl (C=O) groups is 1. The van der Waals surface area contributed by atoms with Crippen LogP contribution in [-0.4, -0.2) is 28.3 Å². The number of aromatic nitrogens is 1. The van der Waals surface area contributed by atoms with Crippen molar-refractivity contribution in [2.75, 3.05) is 6.54 Å². The fourth-order valence-corrected chi connectivity index (χ4v) is 2.18. The highest BCUT2D eigenvalue weighted by atomic mass is 16.6. The van der Waals surface area contributed by atoms with E-state index in [4.69, 9.17) is 10.00 Å². The van der Waals surface area contributed by atoms with E-state index in [-0.39, 0.29) is 0 Å². The molecule has 0 aliphatic heterocycles. The molecule has 0 atom stereocenters. The van der Waals surface area contributed by atoms with Crippen LogP contribution in [0.5, 0.6) is 0 Å². The first-order valence-electron chi connectivity index (χ1n) is 7.72. The summed E-state index contributed by atoms with van der Waals surface area (Å²) in [6.07, 6.45) is -0.424. The van der Waals surface area contributed by atoms with Gasteiger partial charge in [-0.15, -0.1) is 0 Å². The third-order valence-electron chi connectivity index (χ3n) is 3.48. The van der Waals surface area contributed by atoms with Gasteiger partial charge in [-0.25, -0.2) is 4.79 Å². The Hall–Kier alpha value is -2.00. The maximum atomic E-state index is 11.8. The first kappa shape index (κ1) is 19.0. The van der Waals surface area contributed by atoms with Crippen LogP contribution in [0.1, 0.15) is 51.6 Å². The number of hydrogen-bond donors (Lipinski definition) is 2. The number of rotatable bonds is 5. The summed E-state index contributed by atoms with van der Waals surface area (Å²) in [5.74, 6) is 0. The molecule has 6 nitrogen and oxygen atoms in total. The Balaban J connectivity index is 2.54. The Morgan fingerprint density at radius 1 is 1.35 bits per heavy atom. The minimum Gasteiger partial charge on any atom is -0.444 e. The van der Waals surface area contributed by atoms with Crippen LogP contribution >= 0.6 is 0 Å². The van der Waals surface area contributed by atoms with Crippen molar-refractivity contribution in [3.05, 3.63) is 23.0 Å². The van der Waals surface area contributed by atoms with Crippen LogP contribution in [0.2, 0.25) is 0 Å². The molecular formula is C17H28N4O2. The second-order valence-corrected chi connectivity index (χ2v) is 7.43. The highest BCUT2D eigenvalue weighted by Gasteiger charge is 2.24. The number of amides is 1. The maximum Gasteiger partial charge on any atom is 0.408 e. The normalized spacial score (nSPS) is 11.9. The van der Waals surface area contributed by atoms with Crippen molar-refractivity contribution in [2.24, 2.45) is 7.05 Å². The molecule has 0 saturated heterocycles. The lowest BCUT2D eigenvalue weighted by molar-refractivity contribution is 0.0472. The summed E-state index contributed by atoms with van der Waals surface area (Å²) in [5.41, 5.74) is 1.83. The van der Waals surface area contributed by atoms with Gasteiger partial charge in [0.15, 0.2) is 0 Å². The Kier molecular flexibility index (Phi) is 5.84. The second-order valence-electron chi connectivity index (χ2n) is 7.43. The highest BCUT2D eigenvalue weighted by molar-refractivity contribution is 5.68. The van der Waals surface area contributed by atoms with E-state index in [1.807, 2.05) is 59.2 Å². The van der Waals surface area contributed by atoms with Gasteiger partial charge in [-0.1, -0.05) is 0 Å². The molecule has 0 aromatic carbocycles. The Morgan fingerprint density at radius 2 is 1.96 bits per heavy atom. The minimum atomic E-state index is -0.511. The Bertz CT molecular complexity index is 603. The number of ether oxygens (including phenoxy) is 1. The molecule has 0 radical (unpaired) electrons. The van der Waals surface area contributed by atoms with Gasteiger partial charge in [-0.05, 0) is 53.2 Å². The monoisotopic (exact) mass is 320 g/mol. The summed E-state index contributed by atoms with van der Waals surface area (Å²) in [5, 5.41) is 15.2. The standard InChI is InChI=1S/C17H28N4O2/c1-12-13(8-14(9-18)21(12)7)10-19-11-17(5,6)20-15(22)23-16(2,3)4/h8,19H,10-11H2,1-7H3,(H,20,22). The van der Waals surface area contributed by atoms with Crippen LogP contribution in [0.15, 0.2) is 6.07 Å². The predicted octanol–water partition coefficient (Wildman–Crippen LogP) is 2.60. The van der Waals surface area contributed by atoms with Gasteiger partial charge in [0.1, 0.15) is 17.4 Å². The van der Waals surface area contributed by atoms with Gasteiger partial charge >= 0.3 is 6.09 Å². The van der Waals surface area contributed by atoms with Gasteiger partial charge in [0.25, 0.3) is 0 Å². The van der Waals surface area contributed by atoms with Gasteiger partial charge in [-0.3, -0.25) is 0 Å². The first-order chi connectivity index (χ1) is 10.4. The zero-order valence-electron chi connectivity index (χ0n) is 15.2. The summed E-state index contributed by atoms with van der Waals surface area (Å²) in [6.45, 7) is 12.6. The van der Waals surface area contributed by atoms with Crippen molar-refractivity contribution < 1.29 is 9.53 Å². The summed E-state index contributed by atoms with van der Waals surface area (Å²) < 4.78 is 7.15. The maximum absolute atomic E-state index is 11.8. The van der Waals surface area contributed by atoms with Crippen molar-refractivity contribution in [1.29, 1.82) is 5.26 Å². The van der Waals surface area contributed by atoms with E-state index in [1.54, 1.807) is 0 Å². The molecule has 2 N–H and O–H groups in total. The van der Waals surface area contributed by atoms with Gasteiger partial charge in [0.2, 0.25) is 0 Å². The molecule has 23 heavy (non-hydrogen) atoms. The topological polar surface area (TPSA) is 79.1 Å². The molecule has 0 spiro atoms. The predicted molar refractivity (Wildman–Crippen MR) is 90.0 cm³/mol. The van der Waals surface area contributed by atoms with E-state index in [0.29, 0.717) is 18.8 Å². The number of alkyl carbamates (subject to hydrolysis) is 1. The fourth-order valence-electron chi connectivity index (χ4n) is 2.18. The van der Waals surface area contributed by atoms with Gasteiger partial charge in [0, 0.05) is 25.8 Å². The van der Waals surface area contributed by atoms with Crippen LogP contribution in [0.4, 0.5) is 4.79 Å². The van der Waals surface area contributed by atoms with E-state index in [9.17, 15) is 4.79 Å². The number of nitriles is 1.